The highest BCUT2D eigenvalue weighted by molar-refractivity contribution is 7.22. The molecule has 6 rings (SSSR count). The maximum Gasteiger partial charge on any atom is 0.387 e. The minimum absolute atomic E-state index is 0.0414. The molecule has 0 atom stereocenters. The Bertz CT molecular complexity index is 1730. The number of aromatic nitrogens is 5. The first-order chi connectivity index (χ1) is 17.9. The summed E-state index contributed by atoms with van der Waals surface area (Å²) in [5.41, 5.74) is 0.598. The molecule has 9 nitrogen and oxygen atoms in total. The molecule has 12 heteroatoms. The number of anilines is 1. The van der Waals surface area contributed by atoms with E-state index < -0.39 is 17.9 Å². The topological polar surface area (TPSA) is 96.0 Å². The number of thiazole rings is 1. The normalized spacial score (nSPS) is 14.3. The van der Waals surface area contributed by atoms with Crippen LogP contribution < -0.4 is 21.3 Å². The second-order valence-electron chi connectivity index (χ2n) is 8.97. The number of rotatable bonds is 6. The lowest BCUT2D eigenvalue weighted by Crippen LogP contribution is -2.38. The van der Waals surface area contributed by atoms with Crippen molar-refractivity contribution in [3.8, 4) is 17.1 Å². The molecule has 0 radical (unpaired) electrons. The summed E-state index contributed by atoms with van der Waals surface area (Å²) in [5.74, 6) is -0.0414. The molecule has 37 heavy (non-hydrogen) atoms. The number of fused-ring (bicyclic) bond motifs is 2. The van der Waals surface area contributed by atoms with Crippen LogP contribution in [0.2, 0.25) is 0 Å². The quantitative estimate of drug-likeness (QED) is 0.353. The third kappa shape index (κ3) is 4.26. The first-order valence-corrected chi connectivity index (χ1v) is 12.6. The fourth-order valence-corrected chi connectivity index (χ4v) is 5.76. The second-order valence-corrected chi connectivity index (χ2v) is 9.97. The molecule has 0 unspecified atom stereocenters. The Labute approximate surface area is 212 Å². The molecule has 0 saturated heterocycles. The van der Waals surface area contributed by atoms with Gasteiger partial charge in [0.1, 0.15) is 10.4 Å². The lowest BCUT2D eigenvalue weighted by molar-refractivity contribution is -0.0498. The number of aryl methyl sites for hydroxylation is 1. The maximum absolute atomic E-state index is 13.9. The zero-order valence-electron chi connectivity index (χ0n) is 19.7. The van der Waals surface area contributed by atoms with Crippen molar-refractivity contribution in [2.75, 3.05) is 5.32 Å². The van der Waals surface area contributed by atoms with Gasteiger partial charge in [0.05, 0.1) is 16.9 Å². The number of nitrogens with one attached hydrogen (secondary N) is 1. The van der Waals surface area contributed by atoms with Gasteiger partial charge < -0.3 is 10.1 Å². The van der Waals surface area contributed by atoms with Crippen LogP contribution in [0, 0.1) is 0 Å². The summed E-state index contributed by atoms with van der Waals surface area (Å²) in [6.45, 7) is -2.97. The number of ether oxygens (including phenoxy) is 1. The average molecular weight is 525 g/mol. The summed E-state index contributed by atoms with van der Waals surface area (Å²) in [6, 6.07) is 11.1. The molecule has 1 fully saturated rings. The maximum atomic E-state index is 13.9. The Morgan fingerprint density at radius 3 is 2.51 bits per heavy atom. The molecule has 0 bridgehead atoms. The van der Waals surface area contributed by atoms with Crippen molar-refractivity contribution in [1.29, 1.82) is 0 Å². The SMILES string of the molecule is Cn1cc2cc(-n3c(=O)c4sc(NC5CCCC5)nc4n(-c4ccc(OC(F)F)cc4)c3=O)ccc2n1. The van der Waals surface area contributed by atoms with E-state index in [0.29, 0.717) is 21.2 Å². The van der Waals surface area contributed by atoms with E-state index in [1.165, 1.54) is 40.2 Å². The Hall–Kier alpha value is -4.06. The van der Waals surface area contributed by atoms with Gasteiger partial charge in [0, 0.05) is 24.7 Å². The van der Waals surface area contributed by atoms with Crippen molar-refractivity contribution in [2.24, 2.45) is 7.05 Å². The number of hydrogen-bond acceptors (Lipinski definition) is 7. The first-order valence-electron chi connectivity index (χ1n) is 11.8. The van der Waals surface area contributed by atoms with Crippen molar-refractivity contribution in [3.05, 3.63) is 69.5 Å². The van der Waals surface area contributed by atoms with Gasteiger partial charge in [0.2, 0.25) is 0 Å². The molecular formula is C25H22F2N6O3S. The van der Waals surface area contributed by atoms with Crippen LogP contribution in [0.15, 0.2) is 58.3 Å². The number of nitrogens with zero attached hydrogens (tertiary/aromatic N) is 5. The summed E-state index contributed by atoms with van der Waals surface area (Å²) in [6.07, 6.45) is 6.10. The van der Waals surface area contributed by atoms with Gasteiger partial charge in [-0.3, -0.25) is 9.48 Å². The number of alkyl halides is 2. The van der Waals surface area contributed by atoms with Gasteiger partial charge in [-0.25, -0.2) is 18.9 Å². The van der Waals surface area contributed by atoms with Crippen LogP contribution in [-0.4, -0.2) is 36.6 Å². The molecule has 1 aliphatic rings. The van der Waals surface area contributed by atoms with Gasteiger partial charge in [0.25, 0.3) is 5.56 Å². The predicted molar refractivity (Wildman–Crippen MR) is 138 cm³/mol. The standard InChI is InChI=1S/C25H22F2N6O3S/c1-31-13-14-12-17(8-11-19(14)30-31)33-22(34)20-21(29-24(37-20)28-15-4-2-3-5-15)32(25(33)35)16-6-9-18(10-7-16)36-23(26)27/h6-13,15,23H,2-5H2,1H3,(H,28,29). The minimum Gasteiger partial charge on any atom is -0.435 e. The third-order valence-electron chi connectivity index (χ3n) is 6.46. The van der Waals surface area contributed by atoms with Gasteiger partial charge in [-0.15, -0.1) is 0 Å². The van der Waals surface area contributed by atoms with Crippen molar-refractivity contribution in [3.63, 3.8) is 0 Å². The largest absolute Gasteiger partial charge is 0.435 e. The van der Waals surface area contributed by atoms with Gasteiger partial charge in [-0.1, -0.05) is 24.2 Å². The number of benzene rings is 2. The Morgan fingerprint density at radius 1 is 1.05 bits per heavy atom. The third-order valence-corrected chi connectivity index (χ3v) is 7.43. The fourth-order valence-electron chi connectivity index (χ4n) is 4.80. The summed E-state index contributed by atoms with van der Waals surface area (Å²) >= 11 is 1.20. The van der Waals surface area contributed by atoms with Crippen LogP contribution in [0.5, 0.6) is 5.75 Å². The molecule has 1 N–H and O–H groups in total. The molecule has 0 amide bonds. The molecule has 3 aromatic heterocycles. The van der Waals surface area contributed by atoms with Crippen molar-refractivity contribution >= 4 is 37.7 Å². The van der Waals surface area contributed by atoms with E-state index in [9.17, 15) is 18.4 Å². The molecule has 1 saturated carbocycles. The molecular weight excluding hydrogens is 502 g/mol. The fraction of sp³-hybridized carbons (Fsp3) is 0.280. The van der Waals surface area contributed by atoms with Crippen molar-refractivity contribution in [2.45, 2.75) is 38.3 Å². The smallest absolute Gasteiger partial charge is 0.387 e. The van der Waals surface area contributed by atoms with Crippen LogP contribution in [0.25, 0.3) is 32.6 Å². The lowest BCUT2D eigenvalue weighted by Gasteiger charge is -2.12. The highest BCUT2D eigenvalue weighted by Crippen LogP contribution is 2.29. The first kappa shape index (κ1) is 23.3. The van der Waals surface area contributed by atoms with Crippen LogP contribution in [0.3, 0.4) is 0 Å². The Kier molecular flexibility index (Phi) is 5.75. The Balaban J connectivity index is 1.56. The molecule has 3 heterocycles. The van der Waals surface area contributed by atoms with Gasteiger partial charge in [0.15, 0.2) is 10.8 Å². The zero-order valence-corrected chi connectivity index (χ0v) is 20.5. The van der Waals surface area contributed by atoms with Crippen molar-refractivity contribution in [1.82, 2.24) is 23.9 Å². The monoisotopic (exact) mass is 524 g/mol. The van der Waals surface area contributed by atoms with E-state index in [1.807, 2.05) is 0 Å². The summed E-state index contributed by atoms with van der Waals surface area (Å²) in [7, 11) is 1.79. The average Bonchev–Trinajstić information content (AvgIpc) is 3.59. The summed E-state index contributed by atoms with van der Waals surface area (Å²) in [5, 5.41) is 9.09. The van der Waals surface area contributed by atoms with Gasteiger partial charge in [-0.05, 0) is 55.3 Å². The highest BCUT2D eigenvalue weighted by atomic mass is 32.1. The van der Waals surface area contributed by atoms with Gasteiger partial charge in [-0.2, -0.15) is 13.9 Å². The van der Waals surface area contributed by atoms with Crippen LogP contribution in [0.1, 0.15) is 25.7 Å². The summed E-state index contributed by atoms with van der Waals surface area (Å²) in [4.78, 5) is 32.2. The highest BCUT2D eigenvalue weighted by Gasteiger charge is 2.23. The second kappa shape index (κ2) is 9.11. The van der Waals surface area contributed by atoms with E-state index in [-0.39, 0.29) is 17.4 Å². The van der Waals surface area contributed by atoms with Crippen LogP contribution >= 0.6 is 11.3 Å². The molecule has 190 valence electrons. The minimum atomic E-state index is -2.97. The molecule has 5 aromatic rings. The zero-order chi connectivity index (χ0) is 25.7. The van der Waals surface area contributed by atoms with E-state index in [4.69, 9.17) is 0 Å². The summed E-state index contributed by atoms with van der Waals surface area (Å²) < 4.78 is 34.1. The Morgan fingerprint density at radius 2 is 1.78 bits per heavy atom. The van der Waals surface area contributed by atoms with Crippen molar-refractivity contribution < 1.29 is 13.5 Å². The molecule has 0 aliphatic heterocycles. The predicted octanol–water partition coefficient (Wildman–Crippen LogP) is 4.44. The van der Waals surface area contributed by atoms with E-state index in [2.05, 4.69) is 20.1 Å². The van der Waals surface area contributed by atoms with E-state index in [1.54, 1.807) is 36.1 Å². The number of halogens is 2. The molecule has 0 spiro atoms. The lowest BCUT2D eigenvalue weighted by atomic mass is 10.2. The van der Waals surface area contributed by atoms with E-state index in [0.717, 1.165) is 41.2 Å². The molecule has 1 aliphatic carbocycles. The van der Waals surface area contributed by atoms with Gasteiger partial charge >= 0.3 is 12.3 Å². The molecule has 2 aromatic carbocycles. The van der Waals surface area contributed by atoms with Crippen LogP contribution in [-0.2, 0) is 7.05 Å². The van der Waals surface area contributed by atoms with E-state index >= 15 is 0 Å². The van der Waals surface area contributed by atoms with Crippen LogP contribution in [0.4, 0.5) is 13.9 Å². The number of hydrogen-bond donors (Lipinski definition) is 1.